The van der Waals surface area contributed by atoms with E-state index in [1.807, 2.05) is 6.92 Å². The van der Waals surface area contributed by atoms with E-state index < -0.39 is 6.10 Å². The molecule has 2 rings (SSSR count). The van der Waals surface area contributed by atoms with Gasteiger partial charge in [-0.3, -0.25) is 4.79 Å². The molecule has 0 radical (unpaired) electrons. The number of amides is 1. The van der Waals surface area contributed by atoms with Gasteiger partial charge >= 0.3 is 0 Å². The number of anilines is 1. The van der Waals surface area contributed by atoms with Crippen molar-refractivity contribution in [1.29, 1.82) is 0 Å². The Morgan fingerprint density at radius 1 is 1.18 bits per heavy atom. The van der Waals surface area contributed by atoms with E-state index in [0.29, 0.717) is 10.8 Å². The third-order valence-corrected chi connectivity index (χ3v) is 3.44. The first-order chi connectivity index (χ1) is 10.5. The lowest BCUT2D eigenvalue weighted by molar-refractivity contribution is 0.0957. The summed E-state index contributed by atoms with van der Waals surface area (Å²) in [6.07, 6.45) is -0.724. The van der Waals surface area contributed by atoms with E-state index in [-0.39, 0.29) is 17.6 Å². The molecule has 3 N–H and O–H groups in total. The molecule has 0 aliphatic carbocycles. The molecule has 1 aromatic carbocycles. The zero-order chi connectivity index (χ0) is 16.1. The molecule has 1 heterocycles. The molecule has 2 atom stereocenters. The summed E-state index contributed by atoms with van der Waals surface area (Å²) in [6, 6.07) is 9.91. The Balaban J connectivity index is 2.03. The second-order valence-electron chi connectivity index (χ2n) is 4.81. The zero-order valence-electron chi connectivity index (χ0n) is 12.2. The van der Waals surface area contributed by atoms with Crippen molar-refractivity contribution >= 4 is 23.3 Å². The second-order valence-corrected chi connectivity index (χ2v) is 5.25. The van der Waals surface area contributed by atoms with E-state index in [0.717, 1.165) is 5.56 Å². The first kappa shape index (κ1) is 16.2. The number of aliphatic hydroxyl groups is 1. The van der Waals surface area contributed by atoms with Gasteiger partial charge in [0, 0.05) is 12.1 Å². The summed E-state index contributed by atoms with van der Waals surface area (Å²) in [5, 5.41) is 24.2. The van der Waals surface area contributed by atoms with Crippen LogP contribution in [-0.2, 0) is 0 Å². The lowest BCUT2D eigenvalue weighted by atomic mass is 10.0. The Labute approximate surface area is 133 Å². The highest BCUT2D eigenvalue weighted by molar-refractivity contribution is 6.30. The van der Waals surface area contributed by atoms with Crippen molar-refractivity contribution in [2.75, 3.05) is 12.4 Å². The number of aromatic nitrogens is 2. The maximum atomic E-state index is 11.4. The number of nitrogens with zero attached hydrogens (tertiary/aromatic N) is 2. The van der Waals surface area contributed by atoms with Gasteiger partial charge in [0.25, 0.3) is 5.91 Å². The molecule has 6 nitrogen and oxygen atoms in total. The molecular formula is C15H17ClN4O2. The quantitative estimate of drug-likeness (QED) is 0.784. The van der Waals surface area contributed by atoms with Crippen molar-refractivity contribution in [2.45, 2.75) is 19.1 Å². The highest BCUT2D eigenvalue weighted by atomic mass is 35.5. The predicted octanol–water partition coefficient (Wildman–Crippen LogP) is 2.02. The molecule has 0 aliphatic rings. The highest BCUT2D eigenvalue weighted by Crippen LogP contribution is 2.21. The number of halogens is 1. The number of rotatable bonds is 5. The van der Waals surface area contributed by atoms with Gasteiger partial charge in [-0.1, -0.05) is 23.7 Å². The molecule has 22 heavy (non-hydrogen) atoms. The van der Waals surface area contributed by atoms with Gasteiger partial charge in [0.2, 0.25) is 0 Å². The molecule has 116 valence electrons. The minimum absolute atomic E-state index is 0.235. The van der Waals surface area contributed by atoms with Crippen LogP contribution in [0.3, 0.4) is 0 Å². The fraction of sp³-hybridized carbons (Fsp3) is 0.267. The summed E-state index contributed by atoms with van der Waals surface area (Å²) < 4.78 is 0. The van der Waals surface area contributed by atoms with Gasteiger partial charge in [0.05, 0.1) is 12.1 Å². The molecule has 1 amide bonds. The lowest BCUT2D eigenvalue weighted by Crippen LogP contribution is -2.25. The lowest BCUT2D eigenvalue weighted by Gasteiger charge is -2.21. The van der Waals surface area contributed by atoms with Crippen molar-refractivity contribution in [3.8, 4) is 0 Å². The minimum atomic E-state index is -0.724. The topological polar surface area (TPSA) is 87.1 Å². The van der Waals surface area contributed by atoms with Gasteiger partial charge in [-0.15, -0.1) is 10.2 Å². The van der Waals surface area contributed by atoms with Crippen LogP contribution in [-0.4, -0.2) is 34.3 Å². The van der Waals surface area contributed by atoms with Crippen LogP contribution >= 0.6 is 11.6 Å². The fourth-order valence-electron chi connectivity index (χ4n) is 1.92. The van der Waals surface area contributed by atoms with Crippen LogP contribution in [0.15, 0.2) is 36.4 Å². The van der Waals surface area contributed by atoms with Gasteiger partial charge in [-0.25, -0.2) is 0 Å². The summed E-state index contributed by atoms with van der Waals surface area (Å²) >= 11 is 5.83. The maximum absolute atomic E-state index is 11.4. The number of carbonyl (C=O) groups excluding carboxylic acids is 1. The Kier molecular flexibility index (Phi) is 5.30. The van der Waals surface area contributed by atoms with E-state index in [1.165, 1.54) is 7.05 Å². The van der Waals surface area contributed by atoms with Gasteiger partial charge < -0.3 is 15.7 Å². The summed E-state index contributed by atoms with van der Waals surface area (Å²) in [4.78, 5) is 11.4. The molecule has 1 aromatic heterocycles. The first-order valence-electron chi connectivity index (χ1n) is 6.77. The van der Waals surface area contributed by atoms with E-state index in [9.17, 15) is 9.90 Å². The maximum Gasteiger partial charge on any atom is 0.271 e. The normalized spacial score (nSPS) is 13.3. The van der Waals surface area contributed by atoms with E-state index in [2.05, 4.69) is 20.8 Å². The average molecular weight is 321 g/mol. The predicted molar refractivity (Wildman–Crippen MR) is 84.9 cm³/mol. The summed E-state index contributed by atoms with van der Waals surface area (Å²) in [7, 11) is 1.53. The SMILES string of the molecule is CNC(=O)c1ccc(N[C@H](C)[C@H](O)c2ccc(Cl)cc2)nn1. The third kappa shape index (κ3) is 3.93. The van der Waals surface area contributed by atoms with E-state index in [4.69, 9.17) is 11.6 Å². The highest BCUT2D eigenvalue weighted by Gasteiger charge is 2.17. The molecule has 0 unspecified atom stereocenters. The zero-order valence-corrected chi connectivity index (χ0v) is 13.0. The Hall–Kier alpha value is -2.18. The molecule has 0 fully saturated rings. The number of hydrogen-bond acceptors (Lipinski definition) is 5. The van der Waals surface area contributed by atoms with Crippen LogP contribution in [0.25, 0.3) is 0 Å². The van der Waals surface area contributed by atoms with Gasteiger partial charge in [-0.2, -0.15) is 0 Å². The van der Waals surface area contributed by atoms with Crippen molar-refractivity contribution in [3.05, 3.63) is 52.7 Å². The largest absolute Gasteiger partial charge is 0.386 e. The van der Waals surface area contributed by atoms with Gasteiger partial charge in [-0.05, 0) is 36.8 Å². The molecule has 0 saturated carbocycles. The number of nitrogens with one attached hydrogen (secondary N) is 2. The van der Waals surface area contributed by atoms with Crippen LogP contribution in [0, 0.1) is 0 Å². The van der Waals surface area contributed by atoms with Crippen LogP contribution < -0.4 is 10.6 Å². The van der Waals surface area contributed by atoms with Gasteiger partial charge in [0.1, 0.15) is 5.82 Å². The monoisotopic (exact) mass is 320 g/mol. The number of benzene rings is 1. The van der Waals surface area contributed by atoms with Crippen molar-refractivity contribution in [1.82, 2.24) is 15.5 Å². The summed E-state index contributed by atoms with van der Waals surface area (Å²) in [6.45, 7) is 1.83. The smallest absolute Gasteiger partial charge is 0.271 e. The Bertz CT molecular complexity index is 631. The van der Waals surface area contributed by atoms with Crippen molar-refractivity contribution in [2.24, 2.45) is 0 Å². The molecule has 0 bridgehead atoms. The number of carbonyl (C=O) groups is 1. The summed E-state index contributed by atoms with van der Waals surface area (Å²) in [5.41, 5.74) is 0.985. The summed E-state index contributed by atoms with van der Waals surface area (Å²) in [5.74, 6) is 0.182. The molecule has 2 aromatic rings. The molecule has 0 aliphatic heterocycles. The molecule has 7 heteroatoms. The van der Waals surface area contributed by atoms with Crippen molar-refractivity contribution in [3.63, 3.8) is 0 Å². The standard InChI is InChI=1S/C15H17ClN4O2/c1-9(14(21)10-3-5-11(16)6-4-10)18-13-8-7-12(19-20-13)15(22)17-2/h3-9,14,21H,1-2H3,(H,17,22)(H,18,20)/t9-,14+/m1/s1. The number of aliphatic hydroxyl groups excluding tert-OH is 1. The van der Waals surface area contributed by atoms with Crippen LogP contribution in [0.4, 0.5) is 5.82 Å². The number of hydrogen-bond donors (Lipinski definition) is 3. The minimum Gasteiger partial charge on any atom is -0.386 e. The van der Waals surface area contributed by atoms with Gasteiger partial charge in [0.15, 0.2) is 5.69 Å². The Morgan fingerprint density at radius 2 is 1.86 bits per heavy atom. The fourth-order valence-corrected chi connectivity index (χ4v) is 2.05. The first-order valence-corrected chi connectivity index (χ1v) is 7.15. The molecule has 0 spiro atoms. The van der Waals surface area contributed by atoms with E-state index in [1.54, 1.807) is 36.4 Å². The Morgan fingerprint density at radius 3 is 2.41 bits per heavy atom. The van der Waals surface area contributed by atoms with Crippen LogP contribution in [0.2, 0.25) is 5.02 Å². The van der Waals surface area contributed by atoms with Crippen molar-refractivity contribution < 1.29 is 9.90 Å². The molecular weight excluding hydrogens is 304 g/mol. The van der Waals surface area contributed by atoms with E-state index >= 15 is 0 Å². The average Bonchev–Trinajstić information content (AvgIpc) is 2.54. The third-order valence-electron chi connectivity index (χ3n) is 3.18. The molecule has 0 saturated heterocycles. The second kappa shape index (κ2) is 7.20. The van der Waals surface area contributed by atoms with Crippen LogP contribution in [0.1, 0.15) is 29.1 Å². The van der Waals surface area contributed by atoms with Crippen LogP contribution in [0.5, 0.6) is 0 Å².